The van der Waals surface area contributed by atoms with Crippen molar-refractivity contribution in [2.24, 2.45) is 0 Å². The van der Waals surface area contributed by atoms with E-state index in [0.29, 0.717) is 17.5 Å². The van der Waals surface area contributed by atoms with E-state index < -0.39 is 0 Å². The van der Waals surface area contributed by atoms with Crippen LogP contribution < -0.4 is 0 Å². The number of hydrogen-bond donors (Lipinski definition) is 0. The maximum Gasteiger partial charge on any atom is 0.164 e. The van der Waals surface area contributed by atoms with Crippen molar-refractivity contribution in [2.45, 2.75) is 0 Å². The molecule has 11 aromatic carbocycles. The van der Waals surface area contributed by atoms with Gasteiger partial charge in [0.15, 0.2) is 17.5 Å². The molecule has 0 aliphatic carbocycles. The Bertz CT molecular complexity index is 3830. The smallest absolute Gasteiger partial charge is 0.164 e. The summed E-state index contributed by atoms with van der Waals surface area (Å²) in [7, 11) is 0. The van der Waals surface area contributed by atoms with Gasteiger partial charge in [0, 0.05) is 27.6 Å². The standard InChI is InChI=1S/C57H33N3O/c1-2-11-34(12-3-1)35-23-28-39(29-24-35)55-58-56(60-57(59-55)47-18-6-5-17-43(47)50-33-40-13-4-7-22-49(40)61-50)42-31-41-30-27-38-15-9-20-45-44-19-8-14-36-25-26-37-16-10-21-46(53(37)51(36)44)48(32-42)54(41)52(38)45/h1-33H. The van der Waals surface area contributed by atoms with Crippen LogP contribution in [0, 0.1) is 0 Å². The Balaban J connectivity index is 1.11. The first-order chi connectivity index (χ1) is 30.2. The molecule has 0 fully saturated rings. The van der Waals surface area contributed by atoms with Gasteiger partial charge in [-0.05, 0) is 100 Å². The molecule has 61 heavy (non-hydrogen) atoms. The van der Waals surface area contributed by atoms with Crippen LogP contribution in [0.25, 0.3) is 132 Å². The molecule has 0 unspecified atom stereocenters. The van der Waals surface area contributed by atoms with E-state index in [4.69, 9.17) is 19.4 Å². The number of hydrogen-bond acceptors (Lipinski definition) is 4. The van der Waals surface area contributed by atoms with Gasteiger partial charge in [-0.2, -0.15) is 0 Å². The summed E-state index contributed by atoms with van der Waals surface area (Å²) in [6, 6.07) is 71.1. The van der Waals surface area contributed by atoms with Crippen LogP contribution in [0.15, 0.2) is 205 Å². The molecule has 0 spiro atoms. The third-order valence-corrected chi connectivity index (χ3v) is 12.4. The second-order valence-electron chi connectivity index (χ2n) is 15.9. The Morgan fingerprint density at radius 3 is 1.44 bits per heavy atom. The molecular weight excluding hydrogens is 743 g/mol. The van der Waals surface area contributed by atoms with Gasteiger partial charge in [0.1, 0.15) is 11.3 Å². The number of fused-ring (bicyclic) bond motifs is 3. The van der Waals surface area contributed by atoms with E-state index >= 15 is 0 Å². The molecular formula is C57H33N3O. The monoisotopic (exact) mass is 775 g/mol. The van der Waals surface area contributed by atoms with E-state index in [1.807, 2.05) is 36.4 Å². The highest BCUT2D eigenvalue weighted by Gasteiger charge is 2.21. The van der Waals surface area contributed by atoms with Crippen LogP contribution >= 0.6 is 0 Å². The second kappa shape index (κ2) is 13.2. The number of rotatable bonds is 5. The number of nitrogens with zero attached hydrogens (tertiary/aromatic N) is 3. The summed E-state index contributed by atoms with van der Waals surface area (Å²) in [6.07, 6.45) is 0. The zero-order valence-electron chi connectivity index (χ0n) is 32.8. The average Bonchev–Trinajstić information content (AvgIpc) is 3.77. The zero-order chi connectivity index (χ0) is 40.0. The van der Waals surface area contributed by atoms with Crippen LogP contribution in [0.5, 0.6) is 0 Å². The average molecular weight is 776 g/mol. The minimum atomic E-state index is 0.576. The van der Waals surface area contributed by atoms with Crippen molar-refractivity contribution >= 4 is 75.6 Å². The minimum Gasteiger partial charge on any atom is -0.456 e. The molecule has 4 heteroatoms. The normalized spacial score (nSPS) is 11.9. The van der Waals surface area contributed by atoms with Crippen LogP contribution in [-0.4, -0.2) is 15.0 Å². The minimum absolute atomic E-state index is 0.576. The predicted octanol–water partition coefficient (Wildman–Crippen LogP) is 15.3. The molecule has 0 atom stereocenters. The van der Waals surface area contributed by atoms with Gasteiger partial charge in [-0.3, -0.25) is 0 Å². The van der Waals surface area contributed by atoms with Crippen LogP contribution in [0.1, 0.15) is 0 Å². The highest BCUT2D eigenvalue weighted by atomic mass is 16.3. The van der Waals surface area contributed by atoms with Gasteiger partial charge in [-0.15, -0.1) is 0 Å². The van der Waals surface area contributed by atoms with Crippen molar-refractivity contribution in [1.82, 2.24) is 15.0 Å². The van der Waals surface area contributed by atoms with E-state index in [0.717, 1.165) is 60.9 Å². The lowest BCUT2D eigenvalue weighted by Crippen LogP contribution is -2.01. The highest BCUT2D eigenvalue weighted by Crippen LogP contribution is 2.45. The Kier molecular flexibility index (Phi) is 7.27. The molecule has 0 saturated heterocycles. The van der Waals surface area contributed by atoms with Gasteiger partial charge >= 0.3 is 0 Å². The fraction of sp³-hybridized carbons (Fsp3) is 0. The first-order valence-corrected chi connectivity index (χ1v) is 20.7. The third-order valence-electron chi connectivity index (χ3n) is 12.4. The lowest BCUT2D eigenvalue weighted by molar-refractivity contribution is 0.631. The molecule has 0 bridgehead atoms. The van der Waals surface area contributed by atoms with Gasteiger partial charge in [0.2, 0.25) is 0 Å². The van der Waals surface area contributed by atoms with E-state index in [9.17, 15) is 0 Å². The van der Waals surface area contributed by atoms with E-state index in [1.165, 1.54) is 53.9 Å². The van der Waals surface area contributed by atoms with Gasteiger partial charge in [0.05, 0.1) is 0 Å². The quantitative estimate of drug-likeness (QED) is 0.163. The highest BCUT2D eigenvalue weighted by molar-refractivity contribution is 6.37. The van der Waals surface area contributed by atoms with Crippen molar-refractivity contribution in [2.75, 3.05) is 0 Å². The largest absolute Gasteiger partial charge is 0.456 e. The maximum absolute atomic E-state index is 6.45. The Labute approximate surface area is 350 Å². The van der Waals surface area contributed by atoms with E-state index in [2.05, 4.69) is 164 Å². The van der Waals surface area contributed by atoms with Gasteiger partial charge in [-0.25, -0.2) is 15.0 Å². The van der Waals surface area contributed by atoms with Crippen LogP contribution in [0.2, 0.25) is 0 Å². The Hall–Kier alpha value is -8.21. The van der Waals surface area contributed by atoms with Crippen molar-refractivity contribution in [3.05, 3.63) is 200 Å². The number of para-hydroxylation sites is 1. The van der Waals surface area contributed by atoms with E-state index in [-0.39, 0.29) is 0 Å². The molecule has 0 radical (unpaired) electrons. The summed E-state index contributed by atoms with van der Waals surface area (Å²) in [5, 5.41) is 15.7. The molecule has 2 aromatic heterocycles. The second-order valence-corrected chi connectivity index (χ2v) is 15.9. The third kappa shape index (κ3) is 5.29. The first-order valence-electron chi connectivity index (χ1n) is 20.7. The topological polar surface area (TPSA) is 51.8 Å². The Morgan fingerprint density at radius 1 is 0.279 bits per heavy atom. The molecule has 13 aromatic rings. The Morgan fingerprint density at radius 2 is 0.770 bits per heavy atom. The zero-order valence-corrected chi connectivity index (χ0v) is 32.8. The molecule has 4 nitrogen and oxygen atoms in total. The molecule has 0 amide bonds. The molecule has 0 aliphatic rings. The lowest BCUT2D eigenvalue weighted by atomic mass is 9.87. The fourth-order valence-corrected chi connectivity index (χ4v) is 9.62. The molecule has 2 heterocycles. The van der Waals surface area contributed by atoms with Crippen LogP contribution in [-0.2, 0) is 0 Å². The summed E-state index contributed by atoms with van der Waals surface area (Å²) in [5.41, 5.74) is 6.74. The number of benzene rings is 10. The van der Waals surface area contributed by atoms with Crippen molar-refractivity contribution in [3.8, 4) is 56.6 Å². The summed E-state index contributed by atoms with van der Waals surface area (Å²) >= 11 is 0. The summed E-state index contributed by atoms with van der Waals surface area (Å²) in [5.74, 6) is 2.54. The van der Waals surface area contributed by atoms with E-state index in [1.54, 1.807) is 0 Å². The fourth-order valence-electron chi connectivity index (χ4n) is 9.62. The van der Waals surface area contributed by atoms with Crippen molar-refractivity contribution in [1.29, 1.82) is 0 Å². The van der Waals surface area contributed by atoms with Gasteiger partial charge in [0.25, 0.3) is 0 Å². The SMILES string of the molecule is c1ccc(-c2ccc(-c3nc(-c4cc5ccc6cccc7c8cccc9ccc%10cccc(c(c4)c5c67)c%10c98)nc(-c4ccccc4-c4cc5ccccc5o4)n3)cc2)cc1. The maximum atomic E-state index is 6.45. The molecule has 13 rings (SSSR count). The number of aromatic nitrogens is 3. The summed E-state index contributed by atoms with van der Waals surface area (Å²) in [6.45, 7) is 0. The van der Waals surface area contributed by atoms with Crippen molar-refractivity contribution < 1.29 is 4.42 Å². The molecule has 0 N–H and O–H groups in total. The molecule has 282 valence electrons. The number of furan rings is 1. The first kappa shape index (κ1) is 33.7. The molecule has 0 saturated carbocycles. The van der Waals surface area contributed by atoms with Crippen LogP contribution in [0.3, 0.4) is 0 Å². The summed E-state index contributed by atoms with van der Waals surface area (Å²) < 4.78 is 6.45. The summed E-state index contributed by atoms with van der Waals surface area (Å²) in [4.78, 5) is 15.9. The van der Waals surface area contributed by atoms with Gasteiger partial charge in [-0.1, -0.05) is 176 Å². The molecule has 0 aliphatic heterocycles. The van der Waals surface area contributed by atoms with Crippen molar-refractivity contribution in [3.63, 3.8) is 0 Å². The lowest BCUT2D eigenvalue weighted by Gasteiger charge is -2.17. The predicted molar refractivity (Wildman–Crippen MR) is 253 cm³/mol. The van der Waals surface area contributed by atoms with Crippen LogP contribution in [0.4, 0.5) is 0 Å². The van der Waals surface area contributed by atoms with Gasteiger partial charge < -0.3 is 4.42 Å².